The van der Waals surface area contributed by atoms with Crippen LogP contribution in [0, 0.1) is 11.8 Å². The van der Waals surface area contributed by atoms with Crippen LogP contribution in [0.2, 0.25) is 0 Å². The number of likely N-dealkylation sites (tertiary alicyclic amines) is 1. The summed E-state index contributed by atoms with van der Waals surface area (Å²) in [5, 5.41) is 9.13. The van der Waals surface area contributed by atoms with Crippen molar-refractivity contribution in [3.05, 3.63) is 24.3 Å². The molecule has 2 fully saturated rings. The number of hydrogen-bond acceptors (Lipinski definition) is 6. The summed E-state index contributed by atoms with van der Waals surface area (Å²) in [4.78, 5) is 44.3. The van der Waals surface area contributed by atoms with Gasteiger partial charge in [-0.3, -0.25) is 14.4 Å². The molecule has 4 aliphatic rings. The lowest BCUT2D eigenvalue weighted by Crippen LogP contribution is -2.56. The van der Waals surface area contributed by atoms with E-state index in [2.05, 4.69) is 6.92 Å². The van der Waals surface area contributed by atoms with Crippen molar-refractivity contribution >= 4 is 17.8 Å². The van der Waals surface area contributed by atoms with Crippen molar-refractivity contribution in [1.82, 2.24) is 9.80 Å². The highest BCUT2D eigenvalue weighted by Crippen LogP contribution is 2.57. The van der Waals surface area contributed by atoms with E-state index < -0.39 is 35.0 Å². The van der Waals surface area contributed by atoms with E-state index in [4.69, 9.17) is 14.6 Å². The molecule has 1 unspecified atom stereocenters. The molecule has 0 bridgehead atoms. The maximum absolute atomic E-state index is 13.9. The summed E-state index contributed by atoms with van der Waals surface area (Å²) in [6, 6.07) is -0.814. The molecule has 0 aromatic rings. The van der Waals surface area contributed by atoms with Gasteiger partial charge in [-0.05, 0) is 39.0 Å². The van der Waals surface area contributed by atoms with Gasteiger partial charge < -0.3 is 24.4 Å². The highest BCUT2D eigenvalue weighted by Gasteiger charge is 2.74. The lowest BCUT2D eigenvalue weighted by molar-refractivity contribution is -0.160. The monoisotopic (exact) mass is 460 g/mol. The molecule has 1 N–H and O–H groups in total. The molecule has 2 saturated heterocycles. The fourth-order valence-corrected chi connectivity index (χ4v) is 5.90. The smallest absolute Gasteiger partial charge is 0.313 e. The fourth-order valence-electron chi connectivity index (χ4n) is 5.90. The SMILES string of the molecule is CCCCN1CC=C[C@]23O[C@@]4(C)C=CCCOC(=O)[C@H]4[C@H]2C(=O)N(CCCCCO)C3C1=O. The van der Waals surface area contributed by atoms with Crippen molar-refractivity contribution < 1.29 is 29.0 Å². The summed E-state index contributed by atoms with van der Waals surface area (Å²) in [5.74, 6) is -2.41. The zero-order valence-corrected chi connectivity index (χ0v) is 19.7. The molecule has 4 aliphatic heterocycles. The van der Waals surface area contributed by atoms with Crippen molar-refractivity contribution in [2.45, 2.75) is 69.6 Å². The van der Waals surface area contributed by atoms with Crippen LogP contribution in [0.25, 0.3) is 0 Å². The Morgan fingerprint density at radius 3 is 2.61 bits per heavy atom. The molecule has 0 aromatic carbocycles. The maximum Gasteiger partial charge on any atom is 0.313 e. The van der Waals surface area contributed by atoms with Crippen LogP contribution < -0.4 is 0 Å². The summed E-state index contributed by atoms with van der Waals surface area (Å²) < 4.78 is 12.2. The number of fused-ring (bicyclic) bond motifs is 2. The number of aliphatic hydroxyl groups is 1. The third-order valence-electron chi connectivity index (χ3n) is 7.44. The second-order valence-corrected chi connectivity index (χ2v) is 9.71. The molecule has 0 radical (unpaired) electrons. The first-order valence-corrected chi connectivity index (χ1v) is 12.3. The lowest BCUT2D eigenvalue weighted by atomic mass is 9.74. The standard InChI is InChI=1S/C25H36N2O6/c1-3-4-13-26-14-10-12-25-18(19-23(31)32-17-9-6-11-24(19,2)33-25)21(29)27(20(25)22(26)30)15-7-5-8-16-28/h6,10-12,18-20,28H,3-5,7-9,13-17H2,1-2H3/t18-,19+,20?,24-,25-/m0/s1. The van der Waals surface area contributed by atoms with Gasteiger partial charge in [0.25, 0.3) is 0 Å². The number of carbonyl (C=O) groups is 3. The number of esters is 1. The largest absolute Gasteiger partial charge is 0.465 e. The Morgan fingerprint density at radius 1 is 1.03 bits per heavy atom. The molecule has 4 heterocycles. The molecule has 0 aromatic heterocycles. The van der Waals surface area contributed by atoms with E-state index in [1.54, 1.807) is 9.80 Å². The van der Waals surface area contributed by atoms with Crippen LogP contribution in [-0.2, 0) is 23.9 Å². The topological polar surface area (TPSA) is 96.4 Å². The van der Waals surface area contributed by atoms with Crippen LogP contribution in [-0.4, -0.2) is 82.8 Å². The van der Waals surface area contributed by atoms with Gasteiger partial charge in [0.15, 0.2) is 0 Å². The molecule has 1 spiro atoms. The highest BCUT2D eigenvalue weighted by atomic mass is 16.6. The molecular formula is C25H36N2O6. The number of rotatable bonds is 8. The summed E-state index contributed by atoms with van der Waals surface area (Å²) in [6.07, 6.45) is 12.1. The predicted molar refractivity (Wildman–Crippen MR) is 121 cm³/mol. The summed E-state index contributed by atoms with van der Waals surface area (Å²) in [6.45, 7) is 5.73. The molecule has 182 valence electrons. The number of nitrogens with zero attached hydrogens (tertiary/aromatic N) is 2. The Hall–Kier alpha value is -2.19. The molecular weight excluding hydrogens is 424 g/mol. The van der Waals surface area contributed by atoms with Gasteiger partial charge in [0.05, 0.1) is 18.1 Å². The van der Waals surface area contributed by atoms with E-state index in [1.807, 2.05) is 31.2 Å². The van der Waals surface area contributed by atoms with E-state index >= 15 is 0 Å². The number of hydrogen-bond donors (Lipinski definition) is 1. The van der Waals surface area contributed by atoms with E-state index in [0.717, 1.165) is 19.3 Å². The Balaban J connectivity index is 1.76. The second-order valence-electron chi connectivity index (χ2n) is 9.71. The van der Waals surface area contributed by atoms with Crippen LogP contribution >= 0.6 is 0 Å². The van der Waals surface area contributed by atoms with Crippen molar-refractivity contribution in [2.24, 2.45) is 11.8 Å². The molecule has 5 atom stereocenters. The van der Waals surface area contributed by atoms with Crippen molar-refractivity contribution in [1.29, 1.82) is 0 Å². The molecule has 8 heteroatoms. The van der Waals surface area contributed by atoms with Gasteiger partial charge in [0, 0.05) is 26.2 Å². The minimum atomic E-state index is -1.21. The van der Waals surface area contributed by atoms with Crippen LogP contribution in [0.5, 0.6) is 0 Å². The first kappa shape index (κ1) is 24.0. The van der Waals surface area contributed by atoms with Crippen LogP contribution in [0.4, 0.5) is 0 Å². The Kier molecular flexibility index (Phi) is 6.96. The van der Waals surface area contributed by atoms with Crippen LogP contribution in [0.3, 0.4) is 0 Å². The van der Waals surface area contributed by atoms with Crippen molar-refractivity contribution in [3.8, 4) is 0 Å². The molecule has 2 amide bonds. The third-order valence-corrected chi connectivity index (χ3v) is 7.44. The van der Waals surface area contributed by atoms with Crippen molar-refractivity contribution in [3.63, 3.8) is 0 Å². The first-order valence-electron chi connectivity index (χ1n) is 12.3. The number of amides is 2. The number of cyclic esters (lactones) is 1. The quantitative estimate of drug-likeness (QED) is 0.337. The van der Waals surface area contributed by atoms with Gasteiger partial charge in [-0.1, -0.05) is 37.6 Å². The zero-order valence-electron chi connectivity index (χ0n) is 19.7. The molecule has 8 nitrogen and oxygen atoms in total. The van der Waals surface area contributed by atoms with E-state index in [9.17, 15) is 14.4 Å². The summed E-state index contributed by atoms with van der Waals surface area (Å²) in [5.41, 5.74) is -2.23. The van der Waals surface area contributed by atoms with E-state index in [1.165, 1.54) is 0 Å². The number of ether oxygens (including phenoxy) is 2. The fraction of sp³-hybridized carbons (Fsp3) is 0.720. The highest BCUT2D eigenvalue weighted by molar-refractivity contribution is 5.99. The number of unbranched alkanes of at least 4 members (excludes halogenated alkanes) is 3. The van der Waals surface area contributed by atoms with Crippen molar-refractivity contribution in [2.75, 3.05) is 32.8 Å². The lowest BCUT2D eigenvalue weighted by Gasteiger charge is -2.37. The Labute approximate surface area is 195 Å². The summed E-state index contributed by atoms with van der Waals surface area (Å²) >= 11 is 0. The average Bonchev–Trinajstić information content (AvgIpc) is 3.10. The third kappa shape index (κ3) is 4.01. The van der Waals surface area contributed by atoms with Crippen LogP contribution in [0.15, 0.2) is 24.3 Å². The maximum atomic E-state index is 13.9. The van der Waals surface area contributed by atoms with Gasteiger partial charge in [-0.2, -0.15) is 0 Å². The number of aliphatic hydroxyl groups excluding tert-OH is 1. The Morgan fingerprint density at radius 2 is 1.85 bits per heavy atom. The zero-order chi connectivity index (χ0) is 23.6. The minimum absolute atomic E-state index is 0.0954. The first-order chi connectivity index (χ1) is 15.9. The molecule has 33 heavy (non-hydrogen) atoms. The van der Waals surface area contributed by atoms with Gasteiger partial charge in [-0.25, -0.2) is 0 Å². The molecule has 0 saturated carbocycles. The second kappa shape index (κ2) is 9.58. The van der Waals surface area contributed by atoms with Gasteiger partial charge in [0.2, 0.25) is 11.8 Å². The average molecular weight is 461 g/mol. The van der Waals surface area contributed by atoms with Gasteiger partial charge in [0.1, 0.15) is 17.6 Å². The van der Waals surface area contributed by atoms with Gasteiger partial charge >= 0.3 is 5.97 Å². The minimum Gasteiger partial charge on any atom is -0.465 e. The molecule has 0 aliphatic carbocycles. The molecule has 4 rings (SSSR count). The predicted octanol–water partition coefficient (Wildman–Crippen LogP) is 1.82. The van der Waals surface area contributed by atoms with E-state index in [-0.39, 0.29) is 25.0 Å². The van der Waals surface area contributed by atoms with Crippen LogP contribution in [0.1, 0.15) is 52.4 Å². The normalized spacial score (nSPS) is 35.6. The van der Waals surface area contributed by atoms with E-state index in [0.29, 0.717) is 38.9 Å². The Bertz CT molecular complexity index is 841. The number of carbonyl (C=O) groups excluding carboxylic acids is 3. The van der Waals surface area contributed by atoms with Gasteiger partial charge in [-0.15, -0.1) is 0 Å². The summed E-state index contributed by atoms with van der Waals surface area (Å²) in [7, 11) is 0.